The monoisotopic (exact) mass is 324 g/mol. The molecule has 1 amide bonds. The zero-order valence-electron chi connectivity index (χ0n) is 12.8. The van der Waals surface area contributed by atoms with E-state index in [-0.39, 0.29) is 11.6 Å². The normalized spacial score (nSPS) is 15.9. The lowest BCUT2D eigenvalue weighted by Gasteiger charge is -2.34. The second-order valence-corrected chi connectivity index (χ2v) is 5.96. The van der Waals surface area contributed by atoms with E-state index < -0.39 is 11.4 Å². The van der Waals surface area contributed by atoms with Gasteiger partial charge < -0.3 is 16.0 Å². The summed E-state index contributed by atoms with van der Waals surface area (Å²) in [6, 6.07) is 10.8. The van der Waals surface area contributed by atoms with E-state index in [2.05, 4.69) is 15.2 Å². The number of nitrogens with zero attached hydrogens (tertiary/aromatic N) is 4. The molecule has 2 heterocycles. The summed E-state index contributed by atoms with van der Waals surface area (Å²) in [5.41, 5.74) is 12.5. The Morgan fingerprint density at radius 2 is 2.00 bits per heavy atom. The Morgan fingerprint density at radius 3 is 2.62 bits per heavy atom. The predicted molar refractivity (Wildman–Crippen MR) is 85.1 cm³/mol. The van der Waals surface area contributed by atoms with Gasteiger partial charge in [0.05, 0.1) is 11.2 Å². The smallest absolute Gasteiger partial charge is 0.278 e. The standard InChI is InChI=1S/C16H16N6O2/c17-13(23)12-9-11(20-22(12)10-5-2-1-3-6-10)14-19-15(21-24-14)16(18)7-4-8-16/h1-3,5-6,9H,4,7-8,18H2,(H2,17,23). The van der Waals surface area contributed by atoms with Gasteiger partial charge in [0, 0.05) is 6.07 Å². The summed E-state index contributed by atoms with van der Waals surface area (Å²) in [5, 5.41) is 8.36. The molecule has 0 bridgehead atoms. The van der Waals surface area contributed by atoms with Gasteiger partial charge in [0.15, 0.2) is 11.5 Å². The number of hydrogen-bond acceptors (Lipinski definition) is 6. The van der Waals surface area contributed by atoms with Crippen LogP contribution in [0.15, 0.2) is 40.9 Å². The zero-order valence-corrected chi connectivity index (χ0v) is 12.8. The molecule has 8 heteroatoms. The Hall–Kier alpha value is -3.00. The van der Waals surface area contributed by atoms with Crippen LogP contribution in [-0.4, -0.2) is 25.8 Å². The Bertz CT molecular complexity index is 894. The van der Waals surface area contributed by atoms with Crippen molar-refractivity contribution in [3.63, 3.8) is 0 Å². The molecule has 1 aromatic carbocycles. The van der Waals surface area contributed by atoms with Crippen molar-refractivity contribution in [2.75, 3.05) is 0 Å². The van der Waals surface area contributed by atoms with Gasteiger partial charge in [0.1, 0.15) is 5.69 Å². The number of nitrogens with two attached hydrogens (primary N) is 2. The molecule has 1 fully saturated rings. The fourth-order valence-corrected chi connectivity index (χ4v) is 2.74. The fourth-order valence-electron chi connectivity index (χ4n) is 2.74. The van der Waals surface area contributed by atoms with E-state index in [1.54, 1.807) is 0 Å². The van der Waals surface area contributed by atoms with E-state index in [1.807, 2.05) is 30.3 Å². The highest BCUT2D eigenvalue weighted by atomic mass is 16.5. The molecule has 3 aromatic rings. The molecule has 2 aromatic heterocycles. The van der Waals surface area contributed by atoms with Gasteiger partial charge in [-0.25, -0.2) is 4.68 Å². The van der Waals surface area contributed by atoms with Crippen LogP contribution in [0.5, 0.6) is 0 Å². The molecule has 122 valence electrons. The molecule has 0 unspecified atom stereocenters. The minimum atomic E-state index is -0.591. The number of primary amides is 1. The second-order valence-electron chi connectivity index (χ2n) is 5.96. The molecule has 8 nitrogen and oxygen atoms in total. The van der Waals surface area contributed by atoms with Crippen molar-refractivity contribution in [1.82, 2.24) is 19.9 Å². The summed E-state index contributed by atoms with van der Waals surface area (Å²) >= 11 is 0. The third-order valence-corrected chi connectivity index (χ3v) is 4.30. The minimum Gasteiger partial charge on any atom is -0.364 e. The van der Waals surface area contributed by atoms with Crippen molar-refractivity contribution >= 4 is 5.91 Å². The zero-order chi connectivity index (χ0) is 16.7. The molecule has 1 aliphatic rings. The van der Waals surface area contributed by atoms with E-state index in [1.165, 1.54) is 10.7 Å². The van der Waals surface area contributed by atoms with E-state index in [9.17, 15) is 4.79 Å². The average Bonchev–Trinajstić information content (AvgIpc) is 3.20. The summed E-state index contributed by atoms with van der Waals surface area (Å²) in [6.45, 7) is 0. The topological polar surface area (TPSA) is 126 Å². The SMILES string of the molecule is NC(=O)c1cc(-c2nc(C3(N)CCC3)no2)nn1-c1ccccc1. The van der Waals surface area contributed by atoms with Crippen molar-refractivity contribution in [1.29, 1.82) is 0 Å². The van der Waals surface area contributed by atoms with E-state index in [4.69, 9.17) is 16.0 Å². The molecule has 1 saturated carbocycles. The maximum absolute atomic E-state index is 11.7. The molecule has 0 radical (unpaired) electrons. The highest BCUT2D eigenvalue weighted by molar-refractivity contribution is 5.92. The van der Waals surface area contributed by atoms with Crippen LogP contribution in [0, 0.1) is 0 Å². The maximum atomic E-state index is 11.7. The van der Waals surface area contributed by atoms with Crippen LogP contribution in [0.3, 0.4) is 0 Å². The third-order valence-electron chi connectivity index (χ3n) is 4.30. The largest absolute Gasteiger partial charge is 0.364 e. The molecule has 0 aliphatic heterocycles. The van der Waals surface area contributed by atoms with Crippen LogP contribution in [0.25, 0.3) is 17.3 Å². The Morgan fingerprint density at radius 1 is 1.25 bits per heavy atom. The Labute approximate surface area is 137 Å². The Balaban J connectivity index is 1.76. The molecule has 4 N–H and O–H groups in total. The minimum absolute atomic E-state index is 0.221. The predicted octanol–water partition coefficient (Wildman–Crippen LogP) is 1.36. The van der Waals surface area contributed by atoms with Crippen molar-refractivity contribution in [2.45, 2.75) is 24.8 Å². The van der Waals surface area contributed by atoms with Crippen LogP contribution >= 0.6 is 0 Å². The van der Waals surface area contributed by atoms with Crippen LogP contribution < -0.4 is 11.5 Å². The molecular weight excluding hydrogens is 308 g/mol. The lowest BCUT2D eigenvalue weighted by atomic mass is 9.77. The summed E-state index contributed by atoms with van der Waals surface area (Å²) in [6.07, 6.45) is 2.71. The van der Waals surface area contributed by atoms with Crippen molar-refractivity contribution in [3.8, 4) is 17.3 Å². The number of carbonyl (C=O) groups excluding carboxylic acids is 1. The lowest BCUT2D eigenvalue weighted by Crippen LogP contribution is -2.44. The first-order chi connectivity index (χ1) is 11.6. The molecule has 4 rings (SSSR count). The molecule has 0 atom stereocenters. The second kappa shape index (κ2) is 5.27. The van der Waals surface area contributed by atoms with Gasteiger partial charge in [-0.3, -0.25) is 4.79 Å². The summed E-state index contributed by atoms with van der Waals surface area (Å²) in [4.78, 5) is 16.1. The van der Waals surface area contributed by atoms with Crippen LogP contribution in [0.1, 0.15) is 35.6 Å². The first-order valence-corrected chi connectivity index (χ1v) is 7.65. The summed E-state index contributed by atoms with van der Waals surface area (Å²) in [7, 11) is 0. The highest BCUT2D eigenvalue weighted by Crippen LogP contribution is 2.37. The number of hydrogen-bond donors (Lipinski definition) is 2. The van der Waals surface area contributed by atoms with Crippen LogP contribution in [-0.2, 0) is 5.54 Å². The van der Waals surface area contributed by atoms with Crippen LogP contribution in [0.4, 0.5) is 0 Å². The number of rotatable bonds is 4. The van der Waals surface area contributed by atoms with Gasteiger partial charge >= 0.3 is 0 Å². The van der Waals surface area contributed by atoms with E-state index in [0.717, 1.165) is 19.3 Å². The number of carbonyl (C=O) groups is 1. The number of benzene rings is 1. The van der Waals surface area contributed by atoms with Crippen molar-refractivity contribution < 1.29 is 9.32 Å². The lowest BCUT2D eigenvalue weighted by molar-refractivity contribution is 0.0993. The van der Waals surface area contributed by atoms with Gasteiger partial charge in [-0.1, -0.05) is 23.4 Å². The maximum Gasteiger partial charge on any atom is 0.278 e. The van der Waals surface area contributed by atoms with Gasteiger partial charge in [0.25, 0.3) is 11.8 Å². The van der Waals surface area contributed by atoms with Crippen molar-refractivity contribution in [3.05, 3.63) is 47.9 Å². The number of amides is 1. The third kappa shape index (κ3) is 2.28. The quantitative estimate of drug-likeness (QED) is 0.746. The summed E-state index contributed by atoms with van der Waals surface area (Å²) < 4.78 is 6.75. The molecule has 0 saturated heterocycles. The fraction of sp³-hybridized carbons (Fsp3) is 0.250. The molecular formula is C16H16N6O2. The molecule has 1 aliphatic carbocycles. The molecule has 0 spiro atoms. The first-order valence-electron chi connectivity index (χ1n) is 7.65. The summed E-state index contributed by atoms with van der Waals surface area (Å²) in [5.74, 6) is 0.101. The highest BCUT2D eigenvalue weighted by Gasteiger charge is 2.39. The van der Waals surface area contributed by atoms with E-state index >= 15 is 0 Å². The van der Waals surface area contributed by atoms with Crippen LogP contribution in [0.2, 0.25) is 0 Å². The average molecular weight is 324 g/mol. The van der Waals surface area contributed by atoms with Gasteiger partial charge in [-0.15, -0.1) is 0 Å². The van der Waals surface area contributed by atoms with Gasteiger partial charge in [-0.2, -0.15) is 10.1 Å². The van der Waals surface area contributed by atoms with Gasteiger partial charge in [0.2, 0.25) is 0 Å². The Kier molecular flexibility index (Phi) is 3.20. The molecule has 24 heavy (non-hydrogen) atoms. The number of para-hydroxylation sites is 1. The van der Waals surface area contributed by atoms with Gasteiger partial charge in [-0.05, 0) is 31.4 Å². The van der Waals surface area contributed by atoms with Crippen molar-refractivity contribution in [2.24, 2.45) is 11.5 Å². The van der Waals surface area contributed by atoms with E-state index in [0.29, 0.717) is 17.2 Å². The first kappa shape index (κ1) is 14.6. The number of aromatic nitrogens is 4.